The lowest BCUT2D eigenvalue weighted by Gasteiger charge is -2.21. The number of amides is 1. The van der Waals surface area contributed by atoms with Gasteiger partial charge in [0.05, 0.1) is 11.6 Å². The van der Waals surface area contributed by atoms with Crippen molar-refractivity contribution in [1.82, 2.24) is 15.0 Å². The third-order valence-electron chi connectivity index (χ3n) is 4.47. The van der Waals surface area contributed by atoms with Gasteiger partial charge in [-0.1, -0.05) is 18.1 Å². The molecular weight excluding hydrogens is 294 g/mol. The van der Waals surface area contributed by atoms with E-state index >= 15 is 0 Å². The quantitative estimate of drug-likeness (QED) is 0.741. The molecule has 0 bridgehead atoms. The molecule has 1 aromatic carbocycles. The zero-order chi connectivity index (χ0) is 15.8. The molecule has 118 valence electrons. The van der Waals surface area contributed by atoms with E-state index in [1.54, 1.807) is 6.26 Å². The SMILES string of the molecule is CCc1ccc2occ(C(=O)N3CCCC3c3ncon3)c2c1. The van der Waals surface area contributed by atoms with E-state index in [-0.39, 0.29) is 11.9 Å². The molecule has 0 saturated carbocycles. The molecule has 1 aliphatic heterocycles. The van der Waals surface area contributed by atoms with Gasteiger partial charge in [0.25, 0.3) is 5.91 Å². The van der Waals surface area contributed by atoms with Crippen LogP contribution in [0, 0.1) is 0 Å². The topological polar surface area (TPSA) is 72.4 Å². The van der Waals surface area contributed by atoms with Crippen molar-refractivity contribution in [2.45, 2.75) is 32.2 Å². The van der Waals surface area contributed by atoms with Crippen LogP contribution in [0.3, 0.4) is 0 Å². The molecule has 3 aromatic rings. The van der Waals surface area contributed by atoms with Gasteiger partial charge in [0.2, 0.25) is 6.39 Å². The third kappa shape index (κ3) is 2.30. The fourth-order valence-electron chi connectivity index (χ4n) is 3.22. The number of fused-ring (bicyclic) bond motifs is 1. The van der Waals surface area contributed by atoms with E-state index in [1.807, 2.05) is 23.1 Å². The maximum atomic E-state index is 13.0. The first-order chi connectivity index (χ1) is 11.3. The number of likely N-dealkylation sites (tertiary alicyclic amines) is 1. The normalized spacial score (nSPS) is 18.0. The predicted octanol–water partition coefficient (Wildman–Crippen LogP) is 3.36. The number of rotatable bonds is 3. The van der Waals surface area contributed by atoms with Crippen LogP contribution >= 0.6 is 0 Å². The second-order valence-electron chi connectivity index (χ2n) is 5.78. The Kier molecular flexibility index (Phi) is 3.37. The van der Waals surface area contributed by atoms with Gasteiger partial charge >= 0.3 is 0 Å². The number of hydrogen-bond acceptors (Lipinski definition) is 5. The number of furan rings is 1. The lowest BCUT2D eigenvalue weighted by atomic mass is 10.1. The minimum Gasteiger partial charge on any atom is -0.463 e. The van der Waals surface area contributed by atoms with E-state index < -0.39 is 0 Å². The number of hydrogen-bond donors (Lipinski definition) is 0. The van der Waals surface area contributed by atoms with Crippen LogP contribution in [0.25, 0.3) is 11.0 Å². The molecule has 6 nitrogen and oxygen atoms in total. The van der Waals surface area contributed by atoms with Gasteiger partial charge in [-0.05, 0) is 37.0 Å². The summed E-state index contributed by atoms with van der Waals surface area (Å²) in [5.74, 6) is 0.530. The minimum absolute atomic E-state index is 0.0377. The van der Waals surface area contributed by atoms with Crippen molar-refractivity contribution in [3.63, 3.8) is 0 Å². The molecule has 6 heteroatoms. The van der Waals surface area contributed by atoms with Gasteiger partial charge in [-0.2, -0.15) is 4.98 Å². The summed E-state index contributed by atoms with van der Waals surface area (Å²) in [4.78, 5) is 18.9. The molecule has 0 N–H and O–H groups in total. The van der Waals surface area contributed by atoms with Crippen molar-refractivity contribution in [1.29, 1.82) is 0 Å². The Hall–Kier alpha value is -2.63. The van der Waals surface area contributed by atoms with Gasteiger partial charge in [-0.15, -0.1) is 0 Å². The van der Waals surface area contributed by atoms with Crippen molar-refractivity contribution in [3.8, 4) is 0 Å². The number of benzene rings is 1. The lowest BCUT2D eigenvalue weighted by molar-refractivity contribution is 0.0729. The van der Waals surface area contributed by atoms with E-state index in [1.165, 1.54) is 12.0 Å². The van der Waals surface area contributed by atoms with E-state index in [0.29, 0.717) is 17.9 Å². The van der Waals surface area contributed by atoms with Crippen LogP contribution in [0.4, 0.5) is 0 Å². The largest absolute Gasteiger partial charge is 0.463 e. The van der Waals surface area contributed by atoms with Gasteiger partial charge in [-0.25, -0.2) is 0 Å². The number of aryl methyl sites for hydroxylation is 1. The van der Waals surface area contributed by atoms with E-state index in [0.717, 1.165) is 30.2 Å². The highest BCUT2D eigenvalue weighted by atomic mass is 16.5. The summed E-state index contributed by atoms with van der Waals surface area (Å²) in [5, 5.41) is 4.77. The molecule has 1 aliphatic rings. The van der Waals surface area contributed by atoms with Crippen molar-refractivity contribution in [2.24, 2.45) is 0 Å². The van der Waals surface area contributed by atoms with Crippen LogP contribution in [0.15, 0.2) is 39.8 Å². The molecule has 1 atom stereocenters. The average Bonchev–Trinajstić information content (AvgIpc) is 3.31. The zero-order valence-electron chi connectivity index (χ0n) is 12.9. The molecule has 23 heavy (non-hydrogen) atoms. The summed E-state index contributed by atoms with van der Waals surface area (Å²) >= 11 is 0. The minimum atomic E-state index is -0.124. The Bertz CT molecular complexity index is 838. The Morgan fingerprint density at radius 2 is 2.35 bits per heavy atom. The number of carbonyl (C=O) groups is 1. The second-order valence-corrected chi connectivity index (χ2v) is 5.78. The summed E-state index contributed by atoms with van der Waals surface area (Å²) in [6.07, 6.45) is 5.56. The maximum Gasteiger partial charge on any atom is 0.258 e. The van der Waals surface area contributed by atoms with Crippen molar-refractivity contribution in [2.75, 3.05) is 6.54 Å². The van der Waals surface area contributed by atoms with E-state index in [4.69, 9.17) is 8.94 Å². The Balaban J connectivity index is 1.71. The number of aromatic nitrogens is 2. The zero-order valence-corrected chi connectivity index (χ0v) is 12.9. The van der Waals surface area contributed by atoms with E-state index in [9.17, 15) is 4.79 Å². The Labute approximate surface area is 133 Å². The van der Waals surface area contributed by atoms with Crippen molar-refractivity contribution >= 4 is 16.9 Å². The van der Waals surface area contributed by atoms with Gasteiger partial charge in [0.15, 0.2) is 5.82 Å². The average molecular weight is 311 g/mol. The Morgan fingerprint density at radius 3 is 3.13 bits per heavy atom. The Morgan fingerprint density at radius 1 is 1.43 bits per heavy atom. The third-order valence-corrected chi connectivity index (χ3v) is 4.47. The summed E-state index contributed by atoms with van der Waals surface area (Å²) in [6.45, 7) is 2.79. The standard InChI is InChI=1S/C17H17N3O3/c1-2-11-5-6-15-12(8-11)13(9-22-15)17(21)20-7-3-4-14(20)16-18-10-23-19-16/h5-6,8-10,14H,2-4,7H2,1H3. The van der Waals surface area contributed by atoms with Crippen LogP contribution in [0.1, 0.15) is 47.6 Å². The summed E-state index contributed by atoms with van der Waals surface area (Å²) in [7, 11) is 0. The van der Waals surface area contributed by atoms with Crippen LogP contribution in [0.2, 0.25) is 0 Å². The maximum absolute atomic E-state index is 13.0. The summed E-state index contributed by atoms with van der Waals surface area (Å²) in [6, 6.07) is 5.86. The fraction of sp³-hybridized carbons (Fsp3) is 0.353. The van der Waals surface area contributed by atoms with Gasteiger partial charge in [-0.3, -0.25) is 4.79 Å². The molecule has 4 rings (SSSR count). The van der Waals surface area contributed by atoms with Gasteiger partial charge < -0.3 is 13.8 Å². The fourth-order valence-corrected chi connectivity index (χ4v) is 3.22. The first-order valence-electron chi connectivity index (χ1n) is 7.85. The number of carbonyl (C=O) groups excluding carboxylic acids is 1. The predicted molar refractivity (Wildman–Crippen MR) is 82.9 cm³/mol. The molecule has 2 aromatic heterocycles. The molecule has 1 unspecified atom stereocenters. The molecule has 0 radical (unpaired) electrons. The van der Waals surface area contributed by atoms with Crippen molar-refractivity contribution < 1.29 is 13.7 Å². The highest BCUT2D eigenvalue weighted by molar-refractivity contribution is 6.06. The molecule has 0 spiro atoms. The molecular formula is C17H17N3O3. The van der Waals surface area contributed by atoms with E-state index in [2.05, 4.69) is 17.1 Å². The van der Waals surface area contributed by atoms with Gasteiger partial charge in [0, 0.05) is 11.9 Å². The molecule has 1 saturated heterocycles. The first-order valence-corrected chi connectivity index (χ1v) is 7.85. The summed E-state index contributed by atoms with van der Waals surface area (Å²) < 4.78 is 10.4. The van der Waals surface area contributed by atoms with Crippen LogP contribution in [0.5, 0.6) is 0 Å². The summed E-state index contributed by atoms with van der Waals surface area (Å²) in [5.41, 5.74) is 2.52. The van der Waals surface area contributed by atoms with Crippen molar-refractivity contribution in [3.05, 3.63) is 47.8 Å². The van der Waals surface area contributed by atoms with Crippen LogP contribution in [-0.4, -0.2) is 27.5 Å². The highest BCUT2D eigenvalue weighted by Gasteiger charge is 2.34. The lowest BCUT2D eigenvalue weighted by Crippen LogP contribution is -2.30. The monoisotopic (exact) mass is 311 g/mol. The molecule has 0 aliphatic carbocycles. The molecule has 1 fully saturated rings. The molecule has 3 heterocycles. The second kappa shape index (κ2) is 5.53. The first kappa shape index (κ1) is 14.0. The van der Waals surface area contributed by atoms with Gasteiger partial charge in [0.1, 0.15) is 11.8 Å². The van der Waals surface area contributed by atoms with Crippen LogP contribution < -0.4 is 0 Å². The smallest absolute Gasteiger partial charge is 0.258 e. The number of nitrogens with zero attached hydrogens (tertiary/aromatic N) is 3. The highest BCUT2D eigenvalue weighted by Crippen LogP contribution is 2.33. The van der Waals surface area contributed by atoms with Crippen LogP contribution in [-0.2, 0) is 6.42 Å². The molecule has 1 amide bonds.